The Kier molecular flexibility index (Phi) is 5.35. The van der Waals surface area contributed by atoms with Crippen LogP contribution in [-0.4, -0.2) is 24.0 Å². The second kappa shape index (κ2) is 7.82. The third kappa shape index (κ3) is 3.48. The first kappa shape index (κ1) is 20.5. The van der Waals surface area contributed by atoms with Crippen molar-refractivity contribution >= 4 is 20.9 Å². The van der Waals surface area contributed by atoms with Crippen molar-refractivity contribution in [1.82, 2.24) is 14.3 Å². The standard InChI is InChI=1S/C22H23FN4O2S/c1-14(2)26-30(28,29)16-10-11-20(25-13-16)22-18(12-24)17-8-5-9-19(23)21(17)27(22)15-6-3-4-7-15/h5,8-11,13-15,26H,3-4,6-7H2,1-2H3. The molecule has 1 aliphatic carbocycles. The van der Waals surface area contributed by atoms with Crippen LogP contribution < -0.4 is 4.72 Å². The summed E-state index contributed by atoms with van der Waals surface area (Å²) in [4.78, 5) is 4.42. The highest BCUT2D eigenvalue weighted by Crippen LogP contribution is 2.41. The van der Waals surface area contributed by atoms with Crippen LogP contribution in [0.2, 0.25) is 0 Å². The van der Waals surface area contributed by atoms with Crippen LogP contribution in [0, 0.1) is 17.1 Å². The lowest BCUT2D eigenvalue weighted by molar-refractivity contribution is 0.528. The van der Waals surface area contributed by atoms with Gasteiger partial charge in [-0.25, -0.2) is 17.5 Å². The van der Waals surface area contributed by atoms with Gasteiger partial charge in [0.2, 0.25) is 10.0 Å². The summed E-state index contributed by atoms with van der Waals surface area (Å²) in [5.74, 6) is -0.373. The van der Waals surface area contributed by atoms with Crippen molar-refractivity contribution in [2.45, 2.75) is 56.5 Å². The van der Waals surface area contributed by atoms with Gasteiger partial charge in [0.05, 0.1) is 22.5 Å². The summed E-state index contributed by atoms with van der Waals surface area (Å²) in [6.07, 6.45) is 5.19. The number of hydrogen-bond donors (Lipinski definition) is 1. The van der Waals surface area contributed by atoms with E-state index in [1.54, 1.807) is 32.0 Å². The summed E-state index contributed by atoms with van der Waals surface area (Å²) >= 11 is 0. The summed E-state index contributed by atoms with van der Waals surface area (Å²) < 4.78 is 44.1. The van der Waals surface area contributed by atoms with E-state index in [4.69, 9.17) is 0 Å². The van der Waals surface area contributed by atoms with E-state index in [-0.39, 0.29) is 22.8 Å². The van der Waals surface area contributed by atoms with E-state index in [0.717, 1.165) is 25.7 Å². The minimum absolute atomic E-state index is 0.0492. The molecule has 0 atom stereocenters. The lowest BCUT2D eigenvalue weighted by Crippen LogP contribution is -2.30. The topological polar surface area (TPSA) is 87.8 Å². The van der Waals surface area contributed by atoms with Crippen LogP contribution in [0.3, 0.4) is 0 Å². The van der Waals surface area contributed by atoms with Crippen molar-refractivity contribution in [1.29, 1.82) is 5.26 Å². The molecular weight excluding hydrogens is 403 g/mol. The summed E-state index contributed by atoms with van der Waals surface area (Å²) in [5.41, 5.74) is 1.78. The van der Waals surface area contributed by atoms with Crippen LogP contribution in [0.5, 0.6) is 0 Å². The number of hydrogen-bond acceptors (Lipinski definition) is 4. The first-order valence-corrected chi connectivity index (χ1v) is 11.5. The maximum absolute atomic E-state index is 14.8. The molecule has 156 valence electrons. The Morgan fingerprint density at radius 2 is 1.97 bits per heavy atom. The Morgan fingerprint density at radius 3 is 2.57 bits per heavy atom. The minimum Gasteiger partial charge on any atom is -0.333 e. The number of aromatic nitrogens is 2. The smallest absolute Gasteiger partial charge is 0.242 e. The lowest BCUT2D eigenvalue weighted by atomic mass is 10.1. The summed E-state index contributed by atoms with van der Waals surface area (Å²) in [5, 5.41) is 10.4. The van der Waals surface area contributed by atoms with Crippen molar-refractivity contribution in [2.75, 3.05) is 0 Å². The molecule has 2 heterocycles. The van der Waals surface area contributed by atoms with Crippen molar-refractivity contribution < 1.29 is 12.8 Å². The van der Waals surface area contributed by atoms with Gasteiger partial charge in [0.15, 0.2) is 0 Å². The number of rotatable bonds is 5. The van der Waals surface area contributed by atoms with Crippen LogP contribution >= 0.6 is 0 Å². The van der Waals surface area contributed by atoms with Gasteiger partial charge in [0.1, 0.15) is 16.8 Å². The largest absolute Gasteiger partial charge is 0.333 e. The summed E-state index contributed by atoms with van der Waals surface area (Å²) in [7, 11) is -3.68. The molecule has 1 fully saturated rings. The van der Waals surface area contributed by atoms with Crippen molar-refractivity contribution in [2.24, 2.45) is 0 Å². The number of benzene rings is 1. The van der Waals surface area contributed by atoms with E-state index in [1.165, 1.54) is 18.3 Å². The van der Waals surface area contributed by atoms with Gasteiger partial charge in [-0.3, -0.25) is 4.98 Å². The number of nitrogens with zero attached hydrogens (tertiary/aromatic N) is 3. The first-order valence-electron chi connectivity index (χ1n) is 10.0. The summed E-state index contributed by atoms with van der Waals surface area (Å²) in [6.45, 7) is 3.49. The van der Waals surface area contributed by atoms with Crippen molar-refractivity contribution in [3.63, 3.8) is 0 Å². The van der Waals surface area contributed by atoms with Crippen LogP contribution in [0.15, 0.2) is 41.4 Å². The number of nitriles is 1. The third-order valence-electron chi connectivity index (χ3n) is 5.46. The Hall–Kier alpha value is -2.76. The highest BCUT2D eigenvalue weighted by molar-refractivity contribution is 7.89. The molecule has 1 N–H and O–H groups in total. The molecule has 1 aliphatic rings. The highest BCUT2D eigenvalue weighted by Gasteiger charge is 2.28. The molecule has 6 nitrogen and oxygen atoms in total. The average Bonchev–Trinajstić information content (AvgIpc) is 3.33. The quantitative estimate of drug-likeness (QED) is 0.650. The fraction of sp³-hybridized carbons (Fsp3) is 0.364. The highest BCUT2D eigenvalue weighted by atomic mass is 32.2. The Labute approximate surface area is 175 Å². The monoisotopic (exact) mass is 426 g/mol. The normalized spacial score (nSPS) is 15.2. The van der Waals surface area contributed by atoms with E-state index < -0.39 is 10.0 Å². The third-order valence-corrected chi connectivity index (χ3v) is 7.10. The zero-order valence-electron chi connectivity index (χ0n) is 16.9. The maximum Gasteiger partial charge on any atom is 0.242 e. The van der Waals surface area contributed by atoms with Crippen LogP contribution in [0.25, 0.3) is 22.3 Å². The molecule has 2 aromatic heterocycles. The van der Waals surface area contributed by atoms with E-state index in [9.17, 15) is 18.1 Å². The Balaban J connectivity index is 1.92. The van der Waals surface area contributed by atoms with E-state index in [0.29, 0.717) is 27.9 Å². The molecule has 0 saturated heterocycles. The maximum atomic E-state index is 14.8. The van der Waals surface area contributed by atoms with Gasteiger partial charge in [0, 0.05) is 23.7 Å². The lowest BCUT2D eigenvalue weighted by Gasteiger charge is -2.18. The SMILES string of the molecule is CC(C)NS(=O)(=O)c1ccc(-c2c(C#N)c3cccc(F)c3n2C2CCCC2)nc1. The zero-order valence-corrected chi connectivity index (χ0v) is 17.7. The molecule has 8 heteroatoms. The molecule has 0 unspecified atom stereocenters. The number of para-hydroxylation sites is 1. The van der Waals surface area contributed by atoms with Crippen molar-refractivity contribution in [3.8, 4) is 17.5 Å². The predicted octanol–water partition coefficient (Wildman–Crippen LogP) is 4.52. The Bertz CT molecular complexity index is 1230. The molecule has 0 aliphatic heterocycles. The first-order chi connectivity index (χ1) is 14.3. The number of sulfonamides is 1. The number of halogens is 1. The van der Waals surface area contributed by atoms with Crippen LogP contribution in [-0.2, 0) is 10.0 Å². The summed E-state index contributed by atoms with van der Waals surface area (Å²) in [6, 6.07) is 9.87. The molecular formula is C22H23FN4O2S. The molecule has 1 saturated carbocycles. The van der Waals surface area contributed by atoms with Crippen LogP contribution in [0.4, 0.5) is 4.39 Å². The predicted molar refractivity (Wildman–Crippen MR) is 113 cm³/mol. The minimum atomic E-state index is -3.68. The van der Waals surface area contributed by atoms with E-state index in [1.807, 2.05) is 4.57 Å². The van der Waals surface area contributed by atoms with Gasteiger partial charge in [-0.1, -0.05) is 25.0 Å². The molecule has 0 radical (unpaired) electrons. The Morgan fingerprint density at radius 1 is 1.23 bits per heavy atom. The second-order valence-corrected chi connectivity index (χ2v) is 9.65. The van der Waals surface area contributed by atoms with Gasteiger partial charge < -0.3 is 4.57 Å². The van der Waals surface area contributed by atoms with E-state index in [2.05, 4.69) is 15.8 Å². The van der Waals surface area contributed by atoms with Gasteiger partial charge >= 0.3 is 0 Å². The van der Waals surface area contributed by atoms with Gasteiger partial charge in [0.25, 0.3) is 0 Å². The van der Waals surface area contributed by atoms with Crippen molar-refractivity contribution in [3.05, 3.63) is 47.9 Å². The molecule has 30 heavy (non-hydrogen) atoms. The van der Waals surface area contributed by atoms with Gasteiger partial charge in [-0.05, 0) is 44.9 Å². The molecule has 0 bridgehead atoms. The van der Waals surface area contributed by atoms with Gasteiger partial charge in [-0.2, -0.15) is 5.26 Å². The molecule has 0 spiro atoms. The fourth-order valence-corrected chi connectivity index (χ4v) is 5.47. The van der Waals surface area contributed by atoms with Gasteiger partial charge in [-0.15, -0.1) is 0 Å². The molecule has 0 amide bonds. The molecule has 1 aromatic carbocycles. The fourth-order valence-electron chi connectivity index (χ4n) is 4.27. The molecule has 4 rings (SSSR count). The zero-order chi connectivity index (χ0) is 21.5. The number of nitrogens with one attached hydrogen (secondary N) is 1. The number of pyridine rings is 1. The second-order valence-electron chi connectivity index (χ2n) is 7.93. The average molecular weight is 427 g/mol. The van der Waals surface area contributed by atoms with E-state index >= 15 is 0 Å². The van der Waals surface area contributed by atoms with Crippen LogP contribution in [0.1, 0.15) is 51.1 Å². The number of fused-ring (bicyclic) bond motifs is 1. The molecule has 3 aromatic rings.